The molecular weight excluding hydrogens is 1090 g/mol. The summed E-state index contributed by atoms with van der Waals surface area (Å²) in [5.74, 6) is 0.221. The van der Waals surface area contributed by atoms with Crippen molar-refractivity contribution in [3.63, 3.8) is 0 Å². The topological polar surface area (TPSA) is 70.6 Å². The van der Waals surface area contributed by atoms with Crippen LogP contribution >= 0.6 is 0 Å². The summed E-state index contributed by atoms with van der Waals surface area (Å²) in [6.45, 7) is 40.6. The van der Waals surface area contributed by atoms with E-state index in [1.807, 2.05) is 82.6 Å². The number of anilines is 5. The fourth-order valence-electron chi connectivity index (χ4n) is 13.0. The van der Waals surface area contributed by atoms with Crippen molar-refractivity contribution in [3.05, 3.63) is 221 Å². The Hall–Kier alpha value is -7.65. The first kappa shape index (κ1) is 65.8. The van der Waals surface area contributed by atoms with E-state index in [0.29, 0.717) is 13.1 Å². The number of hydrogen-bond acceptors (Lipinski definition) is 7. The molecule has 0 saturated carbocycles. The quantitative estimate of drug-likeness (QED) is 0.0748. The minimum absolute atomic E-state index is 0.000176. The van der Waals surface area contributed by atoms with Gasteiger partial charge < -0.3 is 29.4 Å². The van der Waals surface area contributed by atoms with E-state index in [9.17, 15) is 4.79 Å². The number of ketones is 1. The third kappa shape index (κ3) is 15.3. The maximum absolute atomic E-state index is 15.9. The molecule has 2 amide bonds. The van der Waals surface area contributed by atoms with Crippen molar-refractivity contribution < 1.29 is 14.4 Å². The third-order valence-corrected chi connectivity index (χ3v) is 19.4. The van der Waals surface area contributed by atoms with Crippen LogP contribution in [0.4, 0.5) is 28.4 Å². The van der Waals surface area contributed by atoms with Crippen LogP contribution in [0.3, 0.4) is 0 Å². The second-order valence-electron chi connectivity index (χ2n) is 30.4. The Balaban J connectivity index is 0.964. The van der Waals surface area contributed by atoms with Gasteiger partial charge in [-0.25, -0.2) is 0 Å². The van der Waals surface area contributed by atoms with Crippen LogP contribution in [0, 0.1) is 22.2 Å². The van der Waals surface area contributed by atoms with Gasteiger partial charge in [0.2, 0.25) is 0 Å². The van der Waals surface area contributed by atoms with Crippen molar-refractivity contribution in [1.82, 2.24) is 4.90 Å². The van der Waals surface area contributed by atoms with Crippen LogP contribution in [-0.2, 0) is 33.5 Å². The normalized spacial score (nSPS) is 17.5. The van der Waals surface area contributed by atoms with E-state index < -0.39 is 5.41 Å². The van der Waals surface area contributed by atoms with Gasteiger partial charge in [-0.1, -0.05) is 175 Å². The second kappa shape index (κ2) is 26.4. The van der Waals surface area contributed by atoms with Crippen LogP contribution in [0.15, 0.2) is 193 Å². The fourth-order valence-corrected chi connectivity index (χ4v) is 13.0. The molecule has 0 bridgehead atoms. The summed E-state index contributed by atoms with van der Waals surface area (Å²) in [5.41, 5.74) is 11.6. The van der Waals surface area contributed by atoms with Crippen molar-refractivity contribution in [2.75, 3.05) is 57.2 Å². The van der Waals surface area contributed by atoms with Crippen LogP contribution in [0.5, 0.6) is 0 Å². The molecule has 0 aromatic heterocycles. The number of benzene rings is 6. The summed E-state index contributed by atoms with van der Waals surface area (Å²) in [4.78, 5) is 58.5. The molecule has 9 rings (SSSR count). The highest BCUT2D eigenvalue weighted by molar-refractivity contribution is 6.10. The molecule has 0 saturated heterocycles. The lowest BCUT2D eigenvalue weighted by Gasteiger charge is -2.45. The minimum atomic E-state index is -0.485. The van der Waals surface area contributed by atoms with E-state index in [1.165, 1.54) is 11.1 Å². The van der Waals surface area contributed by atoms with Crippen LogP contribution in [0.25, 0.3) is 0 Å². The van der Waals surface area contributed by atoms with E-state index in [0.717, 1.165) is 127 Å². The molecule has 3 aliphatic heterocycles. The third-order valence-electron chi connectivity index (χ3n) is 19.4. The van der Waals surface area contributed by atoms with Gasteiger partial charge in [0.15, 0.2) is 5.78 Å². The first-order valence-electron chi connectivity index (χ1n) is 32.8. The lowest BCUT2D eigenvalue weighted by Crippen LogP contribution is -2.47. The van der Waals surface area contributed by atoms with Gasteiger partial charge in [0.05, 0.1) is 13.1 Å². The van der Waals surface area contributed by atoms with Crippen molar-refractivity contribution >= 4 is 46.0 Å². The molecule has 1 unspecified atom stereocenters. The smallest absolute Gasteiger partial charge is 0.256 e. The Bertz CT molecular complexity index is 3500. The van der Waals surface area contributed by atoms with Crippen molar-refractivity contribution in [3.8, 4) is 0 Å². The van der Waals surface area contributed by atoms with Crippen LogP contribution in [-0.4, -0.2) is 60.8 Å². The maximum Gasteiger partial charge on any atom is 0.256 e. The number of Topliss-reactive ketones (excluding diaryl/α,β-unsaturated/α-hetero) is 1. The Labute approximate surface area is 535 Å². The number of allylic oxidation sites excluding steroid dienone is 1. The van der Waals surface area contributed by atoms with Crippen LogP contribution < -0.4 is 24.5 Å². The zero-order valence-corrected chi connectivity index (χ0v) is 56.7. The van der Waals surface area contributed by atoms with Gasteiger partial charge in [-0.15, -0.1) is 0 Å². The standard InChI is InChI=1S/C80H102N6O3/c1-17-48-81(64-40-34-60(35-41-64)72(87)69-57-84(77(8,9)10)51-47-78(69,11)12)49-24-25-63-54-83(66-44-38-62(39-45-66)76(5,6)7)56-71(80(63,15)16)74(89)86(68-28-22-19-23-29-68)53-59-32-30-58(31-33-59)52-85(67-26-20-18-21-27-67)73(88)70-55-82(50-46-79(70,13)14)65-42-36-61(37-43-65)75(2,3)4/h18-23,26-45,55-57,63H,17,24-25,46-54H2,1-16H3. The van der Waals surface area contributed by atoms with Crippen molar-refractivity contribution in [2.24, 2.45) is 22.2 Å². The molecular formula is C80H102N6O3. The molecule has 0 fully saturated rings. The lowest BCUT2D eigenvalue weighted by atomic mass is 9.68. The predicted molar refractivity (Wildman–Crippen MR) is 374 cm³/mol. The molecule has 3 aliphatic rings. The lowest BCUT2D eigenvalue weighted by molar-refractivity contribution is -0.117. The maximum atomic E-state index is 15.9. The van der Waals surface area contributed by atoms with Gasteiger partial charge in [0.25, 0.3) is 11.8 Å². The fraction of sp³-hybridized carbons (Fsp3) is 0.438. The number of rotatable bonds is 19. The monoisotopic (exact) mass is 1190 g/mol. The van der Waals surface area contributed by atoms with Crippen molar-refractivity contribution in [2.45, 2.75) is 172 Å². The van der Waals surface area contributed by atoms with E-state index in [-0.39, 0.29) is 50.7 Å². The number of para-hydroxylation sites is 2. The molecule has 6 aromatic rings. The Kier molecular flexibility index (Phi) is 19.5. The summed E-state index contributed by atoms with van der Waals surface area (Å²) in [5, 5.41) is 0. The molecule has 0 N–H and O–H groups in total. The summed E-state index contributed by atoms with van der Waals surface area (Å²) >= 11 is 0. The zero-order chi connectivity index (χ0) is 64.3. The van der Waals surface area contributed by atoms with E-state index >= 15 is 9.59 Å². The summed E-state index contributed by atoms with van der Waals surface area (Å²) in [6, 6.07) is 54.6. The van der Waals surface area contributed by atoms with Gasteiger partial charge in [-0.05, 0) is 176 Å². The van der Waals surface area contributed by atoms with Crippen LogP contribution in [0.1, 0.15) is 175 Å². The second-order valence-corrected chi connectivity index (χ2v) is 30.4. The Morgan fingerprint density at radius 2 is 0.955 bits per heavy atom. The van der Waals surface area contributed by atoms with Crippen LogP contribution in [0.2, 0.25) is 0 Å². The molecule has 0 spiro atoms. The number of hydrogen-bond donors (Lipinski definition) is 0. The van der Waals surface area contributed by atoms with Gasteiger partial charge in [0.1, 0.15) is 0 Å². The molecule has 3 heterocycles. The molecule has 9 heteroatoms. The van der Waals surface area contributed by atoms with E-state index in [1.54, 1.807) is 0 Å². The molecule has 6 aromatic carbocycles. The SMILES string of the molecule is CCCN(CCCC1CN(c2ccc(C(C)(C)C)cc2)C=C(C(=O)N(Cc2ccc(CN(C(=O)C3=CN(c4ccc(C(C)(C)C)cc4)CCC3(C)C)c3ccccc3)cc2)c2ccccc2)C1(C)C)c1ccc(C(=O)C2=CN(C(C)(C)C)CCC2(C)C)cc1. The van der Waals surface area contributed by atoms with E-state index in [4.69, 9.17) is 0 Å². The molecule has 0 aliphatic carbocycles. The van der Waals surface area contributed by atoms with Gasteiger partial charge in [-0.2, -0.15) is 0 Å². The van der Waals surface area contributed by atoms with Gasteiger partial charge in [-0.3, -0.25) is 14.4 Å². The number of carbonyl (C=O) groups is 3. The highest BCUT2D eigenvalue weighted by Crippen LogP contribution is 2.46. The van der Waals surface area contributed by atoms with Crippen molar-refractivity contribution in [1.29, 1.82) is 0 Å². The molecule has 9 nitrogen and oxygen atoms in total. The zero-order valence-electron chi connectivity index (χ0n) is 56.7. The Morgan fingerprint density at radius 1 is 0.494 bits per heavy atom. The number of amides is 2. The highest BCUT2D eigenvalue weighted by Gasteiger charge is 2.43. The first-order chi connectivity index (χ1) is 41.9. The van der Waals surface area contributed by atoms with Gasteiger partial charge >= 0.3 is 0 Å². The van der Waals surface area contributed by atoms with E-state index in [2.05, 4.69) is 234 Å². The summed E-state index contributed by atoms with van der Waals surface area (Å²) in [7, 11) is 0. The molecule has 89 heavy (non-hydrogen) atoms. The first-order valence-corrected chi connectivity index (χ1v) is 32.8. The largest absolute Gasteiger partial charge is 0.372 e. The number of nitrogens with zero attached hydrogens (tertiary/aromatic N) is 6. The van der Waals surface area contributed by atoms with Gasteiger partial charge in [0, 0.05) is 113 Å². The number of carbonyl (C=O) groups excluding carboxylic acids is 3. The average molecular weight is 1200 g/mol. The predicted octanol–water partition coefficient (Wildman–Crippen LogP) is 18.5. The average Bonchev–Trinajstić information content (AvgIpc) is 0.862. The molecule has 470 valence electrons. The Morgan fingerprint density at radius 3 is 1.44 bits per heavy atom. The highest BCUT2D eigenvalue weighted by atomic mass is 16.2. The molecule has 1 atom stereocenters. The summed E-state index contributed by atoms with van der Waals surface area (Å²) < 4.78 is 0. The minimum Gasteiger partial charge on any atom is -0.372 e. The molecule has 0 radical (unpaired) electrons. The summed E-state index contributed by atoms with van der Waals surface area (Å²) in [6.07, 6.45) is 11.0.